The molecule has 0 aromatic heterocycles. The van der Waals surface area contributed by atoms with Gasteiger partial charge in [0.25, 0.3) is 0 Å². The topological polar surface area (TPSA) is 63.6 Å². The van der Waals surface area contributed by atoms with Crippen LogP contribution in [0.1, 0.15) is 85.0 Å². The van der Waals surface area contributed by atoms with Crippen LogP contribution in [0.5, 0.6) is 0 Å². The van der Waals surface area contributed by atoms with Crippen molar-refractivity contribution in [2.45, 2.75) is 109 Å². The molecule has 2 aliphatic carbocycles. The summed E-state index contributed by atoms with van der Waals surface area (Å²) in [5.74, 6) is 0.136. The lowest BCUT2D eigenvalue weighted by molar-refractivity contribution is -0.136. The molecule has 31 heavy (non-hydrogen) atoms. The lowest BCUT2D eigenvalue weighted by Gasteiger charge is -2.41. The van der Waals surface area contributed by atoms with E-state index in [1.807, 2.05) is 6.08 Å². The summed E-state index contributed by atoms with van der Waals surface area (Å²) in [5, 5.41) is 8.87. The molecule has 0 aromatic carbocycles. The first-order valence-corrected chi connectivity index (χ1v) is 14.9. The van der Waals surface area contributed by atoms with Crippen molar-refractivity contribution in [1.82, 2.24) is 0 Å². The number of carboxylic acid groups (broad SMARTS) is 1. The van der Waals surface area contributed by atoms with Crippen LogP contribution >= 0.6 is 0 Å². The smallest absolute Gasteiger partial charge is 0.307 e. The number of carbonyl (C=O) groups is 2. The Labute approximate surface area is 190 Å². The van der Waals surface area contributed by atoms with Crippen molar-refractivity contribution in [2.75, 3.05) is 0 Å². The minimum atomic E-state index is -1.83. The molecule has 1 N–H and O–H groups in total. The van der Waals surface area contributed by atoms with E-state index in [9.17, 15) is 9.59 Å². The summed E-state index contributed by atoms with van der Waals surface area (Å²) in [7, 11) is -1.83. The van der Waals surface area contributed by atoms with Crippen molar-refractivity contribution < 1.29 is 19.1 Å². The molecule has 1 unspecified atom stereocenters. The van der Waals surface area contributed by atoms with E-state index in [1.54, 1.807) is 0 Å². The summed E-state index contributed by atoms with van der Waals surface area (Å²) in [5.41, 5.74) is 4.21. The van der Waals surface area contributed by atoms with E-state index >= 15 is 0 Å². The Morgan fingerprint density at radius 2 is 1.97 bits per heavy atom. The van der Waals surface area contributed by atoms with Crippen molar-refractivity contribution in [2.24, 2.45) is 11.8 Å². The fourth-order valence-corrected chi connectivity index (χ4v) is 5.91. The Morgan fingerprint density at radius 1 is 1.29 bits per heavy atom. The van der Waals surface area contributed by atoms with Gasteiger partial charge in [-0.25, -0.2) is 0 Å². The molecule has 0 radical (unpaired) electrons. The molecule has 5 heteroatoms. The van der Waals surface area contributed by atoms with E-state index in [0.29, 0.717) is 24.2 Å². The first-order valence-electron chi connectivity index (χ1n) is 12.0. The molecule has 0 spiro atoms. The number of hydrogen-bond donors (Lipinski definition) is 1. The summed E-state index contributed by atoms with van der Waals surface area (Å²) < 4.78 is 6.91. The number of carboxylic acids is 1. The number of allylic oxidation sites excluding steroid dienone is 2. The fraction of sp³-hybridized carbons (Fsp3) is 0.731. The van der Waals surface area contributed by atoms with Gasteiger partial charge in [0.2, 0.25) is 0 Å². The third-order valence-electron chi connectivity index (χ3n) is 7.41. The van der Waals surface area contributed by atoms with Crippen molar-refractivity contribution in [3.8, 4) is 0 Å². The van der Waals surface area contributed by atoms with Gasteiger partial charge in [-0.05, 0) is 74.7 Å². The van der Waals surface area contributed by atoms with Gasteiger partial charge in [0, 0.05) is 18.4 Å². The monoisotopic (exact) mass is 446 g/mol. The average molecular weight is 447 g/mol. The summed E-state index contributed by atoms with van der Waals surface area (Å²) >= 11 is 0. The highest BCUT2D eigenvalue weighted by molar-refractivity contribution is 6.74. The normalized spacial score (nSPS) is 21.0. The standard InChI is InChI=1S/C26H42O4Si/c1-26(2,3)31(4,5)30-24(21-12-10-11-13-21)19-17-20-16-18-23(27)22(20)14-8-6-7-9-15-25(28)29/h6,9,16,21-22,24H,8,10-15,17-19H2,1-5H3,(H,28,29)/t7?,22-,24?/m1/s1. The molecule has 1 fully saturated rings. The Morgan fingerprint density at radius 3 is 2.58 bits per heavy atom. The van der Waals surface area contributed by atoms with E-state index in [1.165, 1.54) is 37.3 Å². The van der Waals surface area contributed by atoms with Gasteiger partial charge < -0.3 is 9.53 Å². The highest BCUT2D eigenvalue weighted by atomic mass is 28.4. The number of hydrogen-bond acceptors (Lipinski definition) is 3. The van der Waals surface area contributed by atoms with Gasteiger partial charge in [-0.1, -0.05) is 45.3 Å². The highest BCUT2D eigenvalue weighted by Gasteiger charge is 2.41. The maximum atomic E-state index is 12.5. The molecule has 0 saturated heterocycles. The molecule has 174 valence electrons. The van der Waals surface area contributed by atoms with E-state index in [2.05, 4.69) is 45.7 Å². The average Bonchev–Trinajstić information content (AvgIpc) is 3.31. The minimum absolute atomic E-state index is 0.00891. The maximum Gasteiger partial charge on any atom is 0.307 e. The molecule has 1 saturated carbocycles. The predicted octanol–water partition coefficient (Wildman–Crippen LogP) is 6.83. The number of Topliss-reactive ketones (excluding diaryl/α,β-unsaturated/α-hetero) is 1. The molecule has 0 heterocycles. The fourth-order valence-electron chi connectivity index (χ4n) is 4.49. The number of aliphatic carboxylic acids is 1. The Hall–Kier alpha value is -1.42. The van der Waals surface area contributed by atoms with Crippen molar-refractivity contribution in [3.63, 3.8) is 0 Å². The summed E-state index contributed by atoms with van der Waals surface area (Å²) in [6.07, 6.45) is 15.0. The predicted molar refractivity (Wildman–Crippen MR) is 129 cm³/mol. The van der Waals surface area contributed by atoms with Crippen LogP contribution in [0.3, 0.4) is 0 Å². The molecule has 2 atom stereocenters. The summed E-state index contributed by atoms with van der Waals surface area (Å²) in [6, 6.07) is 0. The SMILES string of the molecule is CC(C)(C)[Si](C)(C)OC(CCC1=CCC(=O)[C@@H]1CCC=C=CCC(=O)O)C1CCCC1. The van der Waals surface area contributed by atoms with E-state index in [-0.39, 0.29) is 17.4 Å². The van der Waals surface area contributed by atoms with Gasteiger partial charge in [0.05, 0.1) is 6.42 Å². The van der Waals surface area contributed by atoms with Gasteiger partial charge in [-0.3, -0.25) is 9.59 Å². The zero-order valence-corrected chi connectivity index (χ0v) is 21.2. The number of rotatable bonds is 11. The van der Waals surface area contributed by atoms with Crippen LogP contribution in [-0.2, 0) is 14.0 Å². The third-order valence-corrected chi connectivity index (χ3v) is 11.9. The summed E-state index contributed by atoms with van der Waals surface area (Å²) in [6.45, 7) is 11.6. The largest absolute Gasteiger partial charge is 0.481 e. The van der Waals surface area contributed by atoms with Gasteiger partial charge in [0.15, 0.2) is 8.32 Å². The van der Waals surface area contributed by atoms with Gasteiger partial charge >= 0.3 is 5.97 Å². The molecule has 0 bridgehead atoms. The molecule has 2 rings (SSSR count). The first-order chi connectivity index (χ1) is 14.5. The molecule has 2 aliphatic rings. The summed E-state index contributed by atoms with van der Waals surface area (Å²) in [4.78, 5) is 23.0. The molecule has 0 aromatic rings. The van der Waals surface area contributed by atoms with Crippen LogP contribution in [0.25, 0.3) is 0 Å². The van der Waals surface area contributed by atoms with Crippen LogP contribution in [0.2, 0.25) is 18.1 Å². The second kappa shape index (κ2) is 11.4. The van der Waals surface area contributed by atoms with Crippen LogP contribution in [0.4, 0.5) is 0 Å². The molecule has 0 amide bonds. The zero-order chi connectivity index (χ0) is 23.1. The lowest BCUT2D eigenvalue weighted by atomic mass is 9.89. The number of ketones is 1. The van der Waals surface area contributed by atoms with Crippen molar-refractivity contribution >= 4 is 20.1 Å². The quantitative estimate of drug-likeness (QED) is 0.215. The molecular weight excluding hydrogens is 404 g/mol. The van der Waals surface area contributed by atoms with Gasteiger partial charge in [0.1, 0.15) is 5.78 Å². The second-order valence-electron chi connectivity index (χ2n) is 10.8. The van der Waals surface area contributed by atoms with Gasteiger partial charge in [-0.15, -0.1) is 5.73 Å². The Kier molecular flexibility index (Phi) is 9.54. The Bertz CT molecular complexity index is 716. The Balaban J connectivity index is 1.96. The molecular formula is C26H42O4Si. The van der Waals surface area contributed by atoms with Gasteiger partial charge in [-0.2, -0.15) is 0 Å². The van der Waals surface area contributed by atoms with Crippen LogP contribution in [-0.4, -0.2) is 31.3 Å². The first kappa shape index (κ1) is 25.8. The maximum absolute atomic E-state index is 12.5. The van der Waals surface area contributed by atoms with Crippen molar-refractivity contribution in [1.29, 1.82) is 0 Å². The number of carbonyl (C=O) groups excluding carboxylic acids is 1. The highest BCUT2D eigenvalue weighted by Crippen LogP contribution is 2.42. The lowest BCUT2D eigenvalue weighted by Crippen LogP contribution is -2.45. The van der Waals surface area contributed by atoms with Crippen molar-refractivity contribution in [3.05, 3.63) is 29.5 Å². The molecule has 4 nitrogen and oxygen atoms in total. The van der Waals surface area contributed by atoms with E-state index in [0.717, 1.165) is 25.7 Å². The van der Waals surface area contributed by atoms with Crippen LogP contribution in [0, 0.1) is 11.8 Å². The third kappa shape index (κ3) is 7.89. The zero-order valence-electron chi connectivity index (χ0n) is 20.2. The van der Waals surface area contributed by atoms with Crippen LogP contribution in [0.15, 0.2) is 29.5 Å². The van der Waals surface area contributed by atoms with E-state index in [4.69, 9.17) is 9.53 Å². The molecule has 0 aliphatic heterocycles. The minimum Gasteiger partial charge on any atom is -0.481 e. The van der Waals surface area contributed by atoms with Crippen LogP contribution < -0.4 is 0 Å². The second-order valence-corrected chi connectivity index (χ2v) is 15.5. The van der Waals surface area contributed by atoms with E-state index < -0.39 is 14.3 Å².